The summed E-state index contributed by atoms with van der Waals surface area (Å²) in [7, 11) is 2.16. The van der Waals surface area contributed by atoms with Crippen LogP contribution in [-0.2, 0) is 11.2 Å². The number of piperazine rings is 1. The van der Waals surface area contributed by atoms with Gasteiger partial charge in [0.1, 0.15) is 0 Å². The number of carbonyl (C=O) groups excluding carboxylic acids is 1. The first-order valence-electron chi connectivity index (χ1n) is 8.93. The second-order valence-corrected chi connectivity index (χ2v) is 7.75. The lowest BCUT2D eigenvalue weighted by atomic mass is 10.0. The molecule has 0 spiro atoms. The van der Waals surface area contributed by atoms with Gasteiger partial charge >= 0.3 is 0 Å². The molecule has 0 radical (unpaired) electrons. The molecule has 1 saturated heterocycles. The number of amides is 1. The Morgan fingerprint density at radius 2 is 1.96 bits per heavy atom. The largest absolute Gasteiger partial charge is 0.369 e. The molecule has 0 aliphatic carbocycles. The van der Waals surface area contributed by atoms with Gasteiger partial charge in [-0.2, -0.15) is 0 Å². The Labute approximate surface area is 157 Å². The highest BCUT2D eigenvalue weighted by Gasteiger charge is 2.26. The highest BCUT2D eigenvalue weighted by Crippen LogP contribution is 2.35. The molecule has 1 fully saturated rings. The first-order chi connectivity index (χ1) is 12.6. The zero-order chi connectivity index (χ0) is 18.1. The van der Waals surface area contributed by atoms with E-state index >= 15 is 0 Å². The maximum Gasteiger partial charge on any atom is 0.249 e. The minimum atomic E-state index is -0.361. The molecule has 26 heavy (non-hydrogen) atoms. The van der Waals surface area contributed by atoms with Crippen LogP contribution in [0.3, 0.4) is 0 Å². The van der Waals surface area contributed by atoms with E-state index in [0.29, 0.717) is 12.2 Å². The molecule has 1 amide bonds. The summed E-state index contributed by atoms with van der Waals surface area (Å²) in [6.07, 6.45) is 0.504. The second kappa shape index (κ2) is 7.26. The highest BCUT2D eigenvalue weighted by atomic mass is 32.1. The lowest BCUT2D eigenvalue weighted by Crippen LogP contribution is -2.44. The van der Waals surface area contributed by atoms with Crippen molar-refractivity contribution in [3.63, 3.8) is 0 Å². The summed E-state index contributed by atoms with van der Waals surface area (Å²) in [5.74, 6) is -0.361. The molecule has 1 atom stereocenters. The van der Waals surface area contributed by atoms with Crippen LogP contribution >= 0.6 is 11.3 Å². The van der Waals surface area contributed by atoms with Crippen LogP contribution in [0.4, 0.5) is 11.4 Å². The summed E-state index contributed by atoms with van der Waals surface area (Å²) >= 11 is 1.53. The Kier molecular flexibility index (Phi) is 4.84. The normalized spacial score (nSPS) is 20.7. The molecule has 4 rings (SSSR count). The highest BCUT2D eigenvalue weighted by molar-refractivity contribution is 7.10. The number of likely N-dealkylation sites (N-methyl/N-ethyl adjacent to an activating group) is 1. The lowest BCUT2D eigenvalue weighted by Gasteiger charge is -2.34. The quantitative estimate of drug-likeness (QED) is 0.862. The van der Waals surface area contributed by atoms with Crippen LogP contribution in [0.2, 0.25) is 0 Å². The van der Waals surface area contributed by atoms with E-state index < -0.39 is 0 Å². The minimum Gasteiger partial charge on any atom is -0.369 e. The molecule has 3 N–H and O–H groups in total. The van der Waals surface area contributed by atoms with E-state index in [0.717, 1.165) is 48.7 Å². The second-order valence-electron chi connectivity index (χ2n) is 6.84. The van der Waals surface area contributed by atoms with Crippen LogP contribution in [-0.4, -0.2) is 50.6 Å². The van der Waals surface area contributed by atoms with E-state index in [1.807, 2.05) is 5.38 Å². The first kappa shape index (κ1) is 17.3. The maximum absolute atomic E-state index is 11.6. The predicted molar refractivity (Wildman–Crippen MR) is 105 cm³/mol. The molecule has 7 heteroatoms. The molecule has 6 nitrogen and oxygen atoms in total. The van der Waals surface area contributed by atoms with Gasteiger partial charge in [-0.15, -0.1) is 11.3 Å². The Hall–Kier alpha value is -2.09. The fourth-order valence-electron chi connectivity index (χ4n) is 3.53. The van der Waals surface area contributed by atoms with Gasteiger partial charge in [-0.05, 0) is 43.3 Å². The van der Waals surface area contributed by atoms with Gasteiger partial charge in [0.25, 0.3) is 0 Å². The number of nitrogens with one attached hydrogen (secondary N) is 1. The fourth-order valence-corrected chi connectivity index (χ4v) is 4.64. The smallest absolute Gasteiger partial charge is 0.249 e. The zero-order valence-electron chi connectivity index (χ0n) is 14.9. The number of primary amides is 1. The van der Waals surface area contributed by atoms with Crippen LogP contribution in [0.15, 0.2) is 29.6 Å². The summed E-state index contributed by atoms with van der Waals surface area (Å²) in [6, 6.07) is 8.49. The number of rotatable bonds is 4. The summed E-state index contributed by atoms with van der Waals surface area (Å²) in [5, 5.41) is 5.28. The molecule has 1 aromatic carbocycles. The third-order valence-electron chi connectivity index (χ3n) is 5.10. The molecule has 2 aliphatic heterocycles. The van der Waals surface area contributed by atoms with Crippen molar-refractivity contribution in [1.29, 1.82) is 0 Å². The average Bonchev–Trinajstić information content (AvgIpc) is 3.09. The third kappa shape index (κ3) is 3.42. The van der Waals surface area contributed by atoms with E-state index in [1.54, 1.807) is 0 Å². The maximum atomic E-state index is 11.6. The standard InChI is InChI=1S/C19H24N4O2S/c1-22-7-9-23(10-8-22)14-4-2-13(3-5-14)21-19-17-15(6-11-25-19)16(12-26-17)18(20)24/h2-5,12,19,21H,6-11H2,1H3,(H2,20,24). The number of carbonyl (C=O) groups is 1. The van der Waals surface area contributed by atoms with Crippen molar-refractivity contribution in [1.82, 2.24) is 4.90 Å². The number of anilines is 2. The van der Waals surface area contributed by atoms with Crippen molar-refractivity contribution in [3.05, 3.63) is 45.6 Å². The number of hydrogen-bond donors (Lipinski definition) is 2. The summed E-state index contributed by atoms with van der Waals surface area (Å²) in [6.45, 7) is 4.90. The summed E-state index contributed by atoms with van der Waals surface area (Å²) in [4.78, 5) is 17.4. The summed E-state index contributed by atoms with van der Waals surface area (Å²) in [5.41, 5.74) is 9.39. The average molecular weight is 372 g/mol. The number of benzene rings is 1. The molecule has 0 saturated carbocycles. The molecular weight excluding hydrogens is 348 g/mol. The van der Waals surface area contributed by atoms with Crippen molar-refractivity contribution in [2.45, 2.75) is 12.6 Å². The monoisotopic (exact) mass is 372 g/mol. The molecule has 138 valence electrons. The van der Waals surface area contributed by atoms with Crippen LogP contribution in [0.5, 0.6) is 0 Å². The van der Waals surface area contributed by atoms with Gasteiger partial charge in [0, 0.05) is 42.9 Å². The lowest BCUT2D eigenvalue weighted by molar-refractivity contribution is 0.0644. The van der Waals surface area contributed by atoms with Crippen molar-refractivity contribution in [3.8, 4) is 0 Å². The number of nitrogens with zero attached hydrogens (tertiary/aromatic N) is 2. The van der Waals surface area contributed by atoms with Gasteiger partial charge in [-0.25, -0.2) is 0 Å². The Balaban J connectivity index is 1.46. The predicted octanol–water partition coefficient (Wildman–Crippen LogP) is 2.28. The molecular formula is C19H24N4O2S. The fraction of sp³-hybridized carbons (Fsp3) is 0.421. The first-order valence-corrected chi connectivity index (χ1v) is 9.81. The van der Waals surface area contributed by atoms with Gasteiger partial charge in [0.15, 0.2) is 6.23 Å². The van der Waals surface area contributed by atoms with Crippen molar-refractivity contribution >= 4 is 28.6 Å². The van der Waals surface area contributed by atoms with Crippen LogP contribution in [0, 0.1) is 0 Å². The van der Waals surface area contributed by atoms with Crippen LogP contribution in [0.25, 0.3) is 0 Å². The number of hydrogen-bond acceptors (Lipinski definition) is 6. The number of ether oxygens (including phenoxy) is 1. The number of nitrogens with two attached hydrogens (primary N) is 1. The molecule has 2 aliphatic rings. The number of fused-ring (bicyclic) bond motifs is 1. The zero-order valence-corrected chi connectivity index (χ0v) is 15.7. The van der Waals surface area contributed by atoms with Crippen molar-refractivity contribution in [2.24, 2.45) is 5.73 Å². The van der Waals surface area contributed by atoms with Crippen molar-refractivity contribution in [2.75, 3.05) is 50.1 Å². The van der Waals surface area contributed by atoms with Gasteiger partial charge in [0.05, 0.1) is 17.0 Å². The van der Waals surface area contributed by atoms with Crippen molar-refractivity contribution < 1.29 is 9.53 Å². The SMILES string of the molecule is CN1CCN(c2ccc(NC3OCCc4c(C(N)=O)csc43)cc2)CC1. The third-order valence-corrected chi connectivity index (χ3v) is 6.17. The molecule has 1 unspecified atom stereocenters. The van der Waals surface area contributed by atoms with E-state index in [4.69, 9.17) is 10.5 Å². The Morgan fingerprint density at radius 3 is 2.65 bits per heavy atom. The van der Waals surface area contributed by atoms with E-state index in [9.17, 15) is 4.79 Å². The van der Waals surface area contributed by atoms with E-state index in [2.05, 4.69) is 46.4 Å². The van der Waals surface area contributed by atoms with Gasteiger partial charge in [-0.1, -0.05) is 0 Å². The van der Waals surface area contributed by atoms with E-state index in [1.165, 1.54) is 17.0 Å². The van der Waals surface area contributed by atoms with Gasteiger partial charge in [-0.3, -0.25) is 4.79 Å². The molecule has 3 heterocycles. The summed E-state index contributed by atoms with van der Waals surface area (Å²) < 4.78 is 5.89. The Bertz CT molecular complexity index is 781. The topological polar surface area (TPSA) is 70.8 Å². The Morgan fingerprint density at radius 1 is 1.23 bits per heavy atom. The minimum absolute atomic E-state index is 0.230. The molecule has 0 bridgehead atoms. The van der Waals surface area contributed by atoms with Crippen LogP contribution < -0.4 is 16.0 Å². The van der Waals surface area contributed by atoms with Crippen LogP contribution in [0.1, 0.15) is 27.0 Å². The number of thiophene rings is 1. The molecule has 2 aromatic rings. The molecule has 1 aromatic heterocycles. The van der Waals surface area contributed by atoms with Gasteiger partial charge < -0.3 is 25.6 Å². The van der Waals surface area contributed by atoms with E-state index in [-0.39, 0.29) is 12.1 Å². The van der Waals surface area contributed by atoms with Gasteiger partial charge in [0.2, 0.25) is 5.91 Å².